The van der Waals surface area contributed by atoms with Crippen molar-refractivity contribution in [3.8, 4) is 0 Å². The highest BCUT2D eigenvalue weighted by molar-refractivity contribution is 6.42. The Bertz CT molecular complexity index is 461. The average Bonchev–Trinajstić information content (AvgIpc) is 3.22. The molecule has 0 aliphatic heterocycles. The van der Waals surface area contributed by atoms with Crippen LogP contribution in [0.3, 0.4) is 0 Å². The lowest BCUT2D eigenvalue weighted by Gasteiger charge is -2.07. The van der Waals surface area contributed by atoms with Gasteiger partial charge in [-0.1, -0.05) is 29.3 Å². The number of benzene rings is 1. The molecular formula is C15H19Cl2NO2. The molecule has 1 aromatic rings. The zero-order chi connectivity index (χ0) is 14.4. The van der Waals surface area contributed by atoms with Crippen molar-refractivity contribution < 1.29 is 9.53 Å². The predicted molar refractivity (Wildman–Crippen MR) is 81.3 cm³/mol. The molecule has 1 aliphatic carbocycles. The lowest BCUT2D eigenvalue weighted by molar-refractivity contribution is -0.120. The number of hydrogen-bond donors (Lipinski definition) is 1. The van der Waals surface area contributed by atoms with Crippen molar-refractivity contribution in [2.75, 3.05) is 19.8 Å². The molecule has 0 atom stereocenters. The van der Waals surface area contributed by atoms with Crippen molar-refractivity contribution in [3.05, 3.63) is 33.8 Å². The molecule has 0 bridgehead atoms. The normalized spacial score (nSPS) is 14.3. The fraction of sp³-hybridized carbons (Fsp3) is 0.533. The SMILES string of the molecule is O=C(Cc1ccc(Cl)c(Cl)c1)NCCCOCC1CC1. The second-order valence-corrected chi connectivity index (χ2v) is 5.96. The summed E-state index contributed by atoms with van der Waals surface area (Å²) in [4.78, 5) is 11.7. The van der Waals surface area contributed by atoms with Crippen molar-refractivity contribution in [1.82, 2.24) is 5.32 Å². The Morgan fingerprint density at radius 1 is 1.30 bits per heavy atom. The number of halogens is 2. The Kier molecular flexibility index (Phi) is 6.14. The van der Waals surface area contributed by atoms with Gasteiger partial charge in [-0.2, -0.15) is 0 Å². The van der Waals surface area contributed by atoms with Gasteiger partial charge in [0.25, 0.3) is 0 Å². The van der Waals surface area contributed by atoms with Crippen LogP contribution in [0.5, 0.6) is 0 Å². The van der Waals surface area contributed by atoms with Gasteiger partial charge in [-0.25, -0.2) is 0 Å². The minimum atomic E-state index is -0.00872. The van der Waals surface area contributed by atoms with Gasteiger partial charge in [-0.15, -0.1) is 0 Å². The Balaban J connectivity index is 1.58. The Hall–Kier alpha value is -0.770. The number of rotatable bonds is 8. The number of carbonyl (C=O) groups is 1. The molecule has 0 unspecified atom stereocenters. The van der Waals surface area contributed by atoms with Crippen LogP contribution in [0.1, 0.15) is 24.8 Å². The van der Waals surface area contributed by atoms with Gasteiger partial charge in [0.2, 0.25) is 5.91 Å². The second-order valence-electron chi connectivity index (χ2n) is 5.15. The van der Waals surface area contributed by atoms with Crippen LogP contribution >= 0.6 is 23.2 Å². The van der Waals surface area contributed by atoms with Gasteiger partial charge in [0.15, 0.2) is 0 Å². The molecule has 1 amide bonds. The van der Waals surface area contributed by atoms with Crippen LogP contribution in [0.25, 0.3) is 0 Å². The smallest absolute Gasteiger partial charge is 0.224 e. The minimum Gasteiger partial charge on any atom is -0.381 e. The van der Waals surface area contributed by atoms with E-state index in [9.17, 15) is 4.79 Å². The van der Waals surface area contributed by atoms with Gasteiger partial charge in [-0.05, 0) is 42.9 Å². The molecule has 2 rings (SSSR count). The third-order valence-corrected chi connectivity index (χ3v) is 3.93. The van der Waals surface area contributed by atoms with E-state index in [0.29, 0.717) is 29.6 Å². The summed E-state index contributed by atoms with van der Waals surface area (Å²) in [5, 5.41) is 3.85. The largest absolute Gasteiger partial charge is 0.381 e. The Morgan fingerprint density at radius 2 is 2.10 bits per heavy atom. The van der Waals surface area contributed by atoms with Gasteiger partial charge < -0.3 is 10.1 Å². The number of ether oxygens (including phenoxy) is 1. The summed E-state index contributed by atoms with van der Waals surface area (Å²) in [6, 6.07) is 5.24. The van der Waals surface area contributed by atoms with Gasteiger partial charge in [0.05, 0.1) is 16.5 Å². The van der Waals surface area contributed by atoms with Crippen LogP contribution in [-0.2, 0) is 16.0 Å². The van der Waals surface area contributed by atoms with E-state index in [1.54, 1.807) is 12.1 Å². The summed E-state index contributed by atoms with van der Waals surface area (Å²) < 4.78 is 5.50. The molecule has 20 heavy (non-hydrogen) atoms. The molecule has 3 nitrogen and oxygen atoms in total. The minimum absolute atomic E-state index is 0.00872. The van der Waals surface area contributed by atoms with Gasteiger partial charge in [0, 0.05) is 19.8 Å². The van der Waals surface area contributed by atoms with E-state index in [2.05, 4.69) is 5.32 Å². The van der Waals surface area contributed by atoms with Crippen LogP contribution in [0.15, 0.2) is 18.2 Å². The molecular weight excluding hydrogens is 297 g/mol. The van der Waals surface area contributed by atoms with Gasteiger partial charge in [0.1, 0.15) is 0 Å². The molecule has 110 valence electrons. The summed E-state index contributed by atoms with van der Waals surface area (Å²) in [5.74, 6) is 0.782. The van der Waals surface area contributed by atoms with E-state index in [1.807, 2.05) is 6.07 Å². The Morgan fingerprint density at radius 3 is 2.80 bits per heavy atom. The van der Waals surface area contributed by atoms with E-state index >= 15 is 0 Å². The first kappa shape index (κ1) is 15.6. The predicted octanol–water partition coefficient (Wildman–Crippen LogP) is 3.47. The number of hydrogen-bond acceptors (Lipinski definition) is 2. The fourth-order valence-corrected chi connectivity index (χ4v) is 2.15. The zero-order valence-corrected chi connectivity index (χ0v) is 12.8. The van der Waals surface area contributed by atoms with Crippen LogP contribution in [-0.4, -0.2) is 25.7 Å². The average molecular weight is 316 g/mol. The van der Waals surface area contributed by atoms with E-state index in [0.717, 1.165) is 24.5 Å². The first-order valence-corrected chi connectivity index (χ1v) is 7.69. The Labute approximate surface area is 129 Å². The lowest BCUT2D eigenvalue weighted by atomic mass is 10.1. The second kappa shape index (κ2) is 7.87. The highest BCUT2D eigenvalue weighted by Gasteiger charge is 2.20. The summed E-state index contributed by atoms with van der Waals surface area (Å²) in [5.41, 5.74) is 0.863. The maximum absolute atomic E-state index is 11.7. The molecule has 0 heterocycles. The standard InChI is InChI=1S/C15H19Cl2NO2/c16-13-5-4-12(8-14(13)17)9-15(19)18-6-1-7-20-10-11-2-3-11/h4-5,8,11H,1-3,6-7,9-10H2,(H,18,19). The zero-order valence-electron chi connectivity index (χ0n) is 11.3. The van der Waals surface area contributed by atoms with Crippen molar-refractivity contribution in [2.45, 2.75) is 25.7 Å². The van der Waals surface area contributed by atoms with Crippen LogP contribution < -0.4 is 5.32 Å². The van der Waals surface area contributed by atoms with Crippen LogP contribution in [0.2, 0.25) is 10.0 Å². The summed E-state index contributed by atoms with van der Waals surface area (Å²) in [6.45, 7) is 2.23. The van der Waals surface area contributed by atoms with E-state index < -0.39 is 0 Å². The third kappa shape index (κ3) is 5.70. The monoisotopic (exact) mass is 315 g/mol. The van der Waals surface area contributed by atoms with Gasteiger partial charge in [-0.3, -0.25) is 4.79 Å². The fourth-order valence-electron chi connectivity index (χ4n) is 1.83. The lowest BCUT2D eigenvalue weighted by Crippen LogP contribution is -2.26. The van der Waals surface area contributed by atoms with E-state index in [4.69, 9.17) is 27.9 Å². The van der Waals surface area contributed by atoms with Gasteiger partial charge >= 0.3 is 0 Å². The van der Waals surface area contributed by atoms with Crippen LogP contribution in [0.4, 0.5) is 0 Å². The maximum Gasteiger partial charge on any atom is 0.224 e. The molecule has 0 radical (unpaired) electrons. The topological polar surface area (TPSA) is 38.3 Å². The molecule has 5 heteroatoms. The first-order chi connectivity index (χ1) is 9.65. The number of carbonyl (C=O) groups excluding carboxylic acids is 1. The van der Waals surface area contributed by atoms with Crippen molar-refractivity contribution in [1.29, 1.82) is 0 Å². The highest BCUT2D eigenvalue weighted by Crippen LogP contribution is 2.28. The molecule has 1 saturated carbocycles. The molecule has 1 fully saturated rings. The molecule has 0 aromatic heterocycles. The van der Waals surface area contributed by atoms with Crippen molar-refractivity contribution >= 4 is 29.1 Å². The third-order valence-electron chi connectivity index (χ3n) is 3.19. The quantitative estimate of drug-likeness (QED) is 0.746. The van der Waals surface area contributed by atoms with Crippen LogP contribution in [0, 0.1) is 5.92 Å². The molecule has 0 saturated heterocycles. The summed E-state index contributed by atoms with van der Waals surface area (Å²) in [6.07, 6.45) is 3.78. The van der Waals surface area contributed by atoms with E-state index in [-0.39, 0.29) is 5.91 Å². The highest BCUT2D eigenvalue weighted by atomic mass is 35.5. The molecule has 1 N–H and O–H groups in total. The van der Waals surface area contributed by atoms with Crippen molar-refractivity contribution in [2.24, 2.45) is 5.92 Å². The summed E-state index contributed by atoms with van der Waals surface area (Å²) >= 11 is 11.7. The molecule has 0 spiro atoms. The van der Waals surface area contributed by atoms with E-state index in [1.165, 1.54) is 12.8 Å². The number of amides is 1. The number of nitrogens with one attached hydrogen (secondary N) is 1. The summed E-state index contributed by atoms with van der Waals surface area (Å²) in [7, 11) is 0. The molecule has 1 aromatic carbocycles. The first-order valence-electron chi connectivity index (χ1n) is 6.93. The maximum atomic E-state index is 11.7. The van der Waals surface area contributed by atoms with Crippen molar-refractivity contribution in [3.63, 3.8) is 0 Å². The molecule has 1 aliphatic rings.